The molecular weight excluding hydrogens is 308 g/mol. The molecule has 0 amide bonds. The maximum absolute atomic E-state index is 11.2. The molecule has 2 heteroatoms. The molecule has 25 heavy (non-hydrogen) atoms. The summed E-state index contributed by atoms with van der Waals surface area (Å²) in [5.41, 5.74) is 0. The zero-order chi connectivity index (χ0) is 20.9. The van der Waals surface area contributed by atoms with Gasteiger partial charge in [-0.2, -0.15) is 0 Å². The zero-order valence-corrected chi connectivity index (χ0v) is 15.7. The molecular formula is C23H36O2. The Bertz CT molecular complexity index is 526. The second kappa shape index (κ2) is 20.2. The van der Waals surface area contributed by atoms with E-state index < -0.39 is 13.0 Å². The van der Waals surface area contributed by atoms with Crippen LogP contribution < -0.4 is 0 Å². The number of methoxy groups -OCH3 is 1. The zero-order valence-electron chi connectivity index (χ0n) is 18.7. The Morgan fingerprint density at radius 3 is 1.80 bits per heavy atom. The van der Waals surface area contributed by atoms with Crippen LogP contribution in [0.25, 0.3) is 0 Å². The highest BCUT2D eigenvalue weighted by Crippen LogP contribution is 2.05. The van der Waals surface area contributed by atoms with Gasteiger partial charge in [0, 0.05) is 6.42 Å². The summed E-state index contributed by atoms with van der Waals surface area (Å²) in [5, 5.41) is 0. The predicted octanol–water partition coefficient (Wildman–Crippen LogP) is 6.86. The minimum absolute atomic E-state index is 0.171. The number of ether oxygens (including phenoxy) is 1. The second-order valence-electron chi connectivity index (χ2n) is 5.78. The summed E-state index contributed by atoms with van der Waals surface area (Å²) in [7, 11) is -2.62. The van der Waals surface area contributed by atoms with Crippen LogP contribution in [0.4, 0.5) is 0 Å². The van der Waals surface area contributed by atoms with Crippen LogP contribution in [0.1, 0.15) is 75.2 Å². The van der Waals surface area contributed by atoms with Crippen LogP contribution in [-0.4, -0.2) is 13.0 Å². The van der Waals surface area contributed by atoms with Crippen molar-refractivity contribution in [1.82, 2.24) is 0 Å². The van der Waals surface area contributed by atoms with E-state index in [4.69, 9.17) is 4.11 Å². The lowest BCUT2D eigenvalue weighted by Crippen LogP contribution is -1.98. The third-order valence-corrected chi connectivity index (χ3v) is 3.52. The molecule has 0 radical (unpaired) electrons. The number of carbonyl (C=O) groups is 1. The molecule has 0 aromatic heterocycles. The Kier molecular flexibility index (Phi) is 14.5. The lowest BCUT2D eigenvalue weighted by molar-refractivity contribution is -0.140. The normalized spacial score (nSPS) is 14.8. The van der Waals surface area contributed by atoms with Gasteiger partial charge in [0.2, 0.25) is 0 Å². The average Bonchev–Trinajstić information content (AvgIpc) is 2.62. The number of unbranched alkanes of at least 4 members (excludes halogenated alkanes) is 3. The summed E-state index contributed by atoms with van der Waals surface area (Å²) >= 11 is 0. The number of allylic oxidation sites excluding steroid dienone is 10. The molecule has 0 rings (SSSR count). The molecule has 0 bridgehead atoms. The number of hydrogen-bond acceptors (Lipinski definition) is 2. The first kappa shape index (κ1) is 18.0. The fourth-order valence-corrected chi connectivity index (χ4v) is 2.13. The van der Waals surface area contributed by atoms with Crippen molar-refractivity contribution >= 4 is 5.97 Å². The van der Waals surface area contributed by atoms with Gasteiger partial charge in [0.15, 0.2) is 0 Å². The quantitative estimate of drug-likeness (QED) is 0.184. The van der Waals surface area contributed by atoms with Crippen LogP contribution >= 0.6 is 0 Å². The van der Waals surface area contributed by atoms with Gasteiger partial charge in [0.25, 0.3) is 0 Å². The number of hydrogen-bond donors (Lipinski definition) is 0. The largest absolute Gasteiger partial charge is 0.469 e. The second-order valence-corrected chi connectivity index (χ2v) is 5.78. The highest BCUT2D eigenvalue weighted by Gasteiger charge is 1.97. The van der Waals surface area contributed by atoms with E-state index in [2.05, 4.69) is 72.4 Å². The highest BCUT2D eigenvalue weighted by atomic mass is 16.5. The molecule has 0 spiro atoms. The number of carbonyl (C=O) groups excluding carboxylic acids is 1. The van der Waals surface area contributed by atoms with E-state index in [1.54, 1.807) is 0 Å². The van der Waals surface area contributed by atoms with Crippen LogP contribution in [0.2, 0.25) is 0 Å². The monoisotopic (exact) mass is 347 g/mol. The van der Waals surface area contributed by atoms with Crippen molar-refractivity contribution in [3.05, 3.63) is 60.8 Å². The summed E-state index contributed by atoms with van der Waals surface area (Å²) in [6, 6.07) is 0. The van der Waals surface area contributed by atoms with E-state index in [0.29, 0.717) is 6.42 Å². The van der Waals surface area contributed by atoms with Gasteiger partial charge in [-0.25, -0.2) is 0 Å². The SMILES string of the molecule is [2H]C([2H])([2H])OC(=O)CCCCC/C=C\C/C=C\C/C=C\C/C=C\C/C=C\CC. The van der Waals surface area contributed by atoms with Gasteiger partial charge in [0.05, 0.1) is 11.2 Å². The molecule has 0 aliphatic rings. The molecule has 0 aliphatic carbocycles. The van der Waals surface area contributed by atoms with E-state index >= 15 is 0 Å². The van der Waals surface area contributed by atoms with Gasteiger partial charge in [-0.3, -0.25) is 4.79 Å². The first-order valence-corrected chi connectivity index (χ1v) is 9.42. The van der Waals surface area contributed by atoms with E-state index in [9.17, 15) is 4.79 Å². The predicted molar refractivity (Wildman–Crippen MR) is 110 cm³/mol. The Hall–Kier alpha value is -1.83. The van der Waals surface area contributed by atoms with Crippen molar-refractivity contribution in [2.75, 3.05) is 7.04 Å². The first-order valence-electron chi connectivity index (χ1n) is 10.9. The standard InChI is InChI=1S/C23H36O2/c1-3-4-5-6-7-8-9-10-11-12-13-14-15-16-17-18-19-20-21-22-23(24)25-2/h4-5,7-8,10-11,13-14,16-17H,3,6,9,12,15,18-22H2,1-2H3/b5-4-,8-7-,11-10-,14-13-,17-16-/i2D3. The van der Waals surface area contributed by atoms with Gasteiger partial charge in [-0.05, 0) is 51.4 Å². The molecule has 0 aromatic rings. The minimum atomic E-state index is -2.62. The summed E-state index contributed by atoms with van der Waals surface area (Å²) in [6.45, 7) is 2.14. The smallest absolute Gasteiger partial charge is 0.305 e. The molecule has 0 unspecified atom stereocenters. The summed E-state index contributed by atoms with van der Waals surface area (Å²) in [4.78, 5) is 11.2. The Morgan fingerprint density at radius 1 is 0.760 bits per heavy atom. The van der Waals surface area contributed by atoms with E-state index in [0.717, 1.165) is 51.4 Å². The molecule has 0 fully saturated rings. The summed E-state index contributed by atoms with van der Waals surface area (Å²) < 4.78 is 24.8. The molecule has 0 N–H and O–H groups in total. The lowest BCUT2D eigenvalue weighted by Gasteiger charge is -1.98. The summed E-state index contributed by atoms with van der Waals surface area (Å²) in [6.07, 6.45) is 30.5. The van der Waals surface area contributed by atoms with Crippen LogP contribution in [0.3, 0.4) is 0 Å². The van der Waals surface area contributed by atoms with Gasteiger partial charge in [-0.1, -0.05) is 74.1 Å². The molecule has 0 heterocycles. The van der Waals surface area contributed by atoms with Gasteiger partial charge in [0.1, 0.15) is 0 Å². The third-order valence-electron chi connectivity index (χ3n) is 3.52. The molecule has 0 saturated heterocycles. The molecule has 140 valence electrons. The van der Waals surface area contributed by atoms with Crippen LogP contribution in [0.15, 0.2) is 60.8 Å². The van der Waals surface area contributed by atoms with Crippen molar-refractivity contribution in [2.45, 2.75) is 71.1 Å². The number of rotatable bonds is 15. The topological polar surface area (TPSA) is 26.3 Å². The van der Waals surface area contributed by atoms with E-state index in [-0.39, 0.29) is 6.42 Å². The lowest BCUT2D eigenvalue weighted by atomic mass is 10.1. The maximum Gasteiger partial charge on any atom is 0.305 e. The van der Waals surface area contributed by atoms with Gasteiger partial charge >= 0.3 is 5.97 Å². The highest BCUT2D eigenvalue weighted by molar-refractivity contribution is 5.68. The van der Waals surface area contributed by atoms with Crippen molar-refractivity contribution in [3.63, 3.8) is 0 Å². The third kappa shape index (κ3) is 20.1. The molecule has 0 saturated carbocycles. The van der Waals surface area contributed by atoms with Crippen molar-refractivity contribution < 1.29 is 13.6 Å². The number of esters is 1. The van der Waals surface area contributed by atoms with Crippen molar-refractivity contribution in [2.24, 2.45) is 0 Å². The fourth-order valence-electron chi connectivity index (χ4n) is 2.13. The van der Waals surface area contributed by atoms with E-state index in [1.807, 2.05) is 0 Å². The summed E-state index contributed by atoms with van der Waals surface area (Å²) in [5.74, 6) is -0.644. The first-order chi connectivity index (χ1) is 13.5. The van der Waals surface area contributed by atoms with Gasteiger partial charge in [-0.15, -0.1) is 0 Å². The fraction of sp³-hybridized carbons (Fsp3) is 0.522. The Morgan fingerprint density at radius 2 is 1.28 bits per heavy atom. The van der Waals surface area contributed by atoms with Crippen LogP contribution in [0.5, 0.6) is 0 Å². The van der Waals surface area contributed by atoms with Crippen molar-refractivity contribution in [1.29, 1.82) is 0 Å². The minimum Gasteiger partial charge on any atom is -0.469 e. The molecule has 2 nitrogen and oxygen atoms in total. The van der Waals surface area contributed by atoms with Crippen LogP contribution in [-0.2, 0) is 9.53 Å². The maximum atomic E-state index is 11.2. The molecule has 0 aliphatic heterocycles. The van der Waals surface area contributed by atoms with E-state index in [1.165, 1.54) is 0 Å². The molecule has 0 atom stereocenters. The molecule has 0 aromatic carbocycles. The average molecular weight is 348 g/mol. The van der Waals surface area contributed by atoms with Crippen LogP contribution in [0, 0.1) is 0 Å². The van der Waals surface area contributed by atoms with Gasteiger partial charge < -0.3 is 4.74 Å². The Balaban J connectivity index is 3.51. The Labute approximate surface area is 159 Å². The van der Waals surface area contributed by atoms with Crippen molar-refractivity contribution in [3.8, 4) is 0 Å².